The van der Waals surface area contributed by atoms with Crippen molar-refractivity contribution < 1.29 is 4.79 Å². The Labute approximate surface area is 107 Å². The maximum Gasteiger partial charge on any atom is 0.346 e. The Morgan fingerprint density at radius 2 is 2.22 bits per heavy atom. The van der Waals surface area contributed by atoms with Gasteiger partial charge in [-0.2, -0.15) is 4.99 Å². The molecule has 1 aromatic rings. The van der Waals surface area contributed by atoms with E-state index in [1.54, 1.807) is 11.0 Å². The van der Waals surface area contributed by atoms with Crippen molar-refractivity contribution in [3.63, 3.8) is 0 Å². The first-order valence-corrected chi connectivity index (χ1v) is 5.87. The topological polar surface area (TPSA) is 58.7 Å². The Morgan fingerprint density at radius 1 is 1.50 bits per heavy atom. The molecule has 1 aromatic carbocycles. The number of benzene rings is 1. The summed E-state index contributed by atoms with van der Waals surface area (Å²) in [7, 11) is 0. The largest absolute Gasteiger partial charge is 0.385 e. The number of nitrogens with two attached hydrogens (primary N) is 1. The molecule has 0 aromatic heterocycles. The Morgan fingerprint density at radius 3 is 2.89 bits per heavy atom. The molecule has 2 amide bonds. The predicted molar refractivity (Wildman–Crippen MR) is 72.6 cm³/mol. The molecule has 0 saturated heterocycles. The van der Waals surface area contributed by atoms with Gasteiger partial charge in [0, 0.05) is 6.54 Å². The molecule has 1 atom stereocenters. The lowest BCUT2D eigenvalue weighted by atomic mass is 9.97. The lowest BCUT2D eigenvalue weighted by Gasteiger charge is -2.24. The van der Waals surface area contributed by atoms with Crippen LogP contribution < -0.4 is 5.73 Å². The first-order valence-electron chi connectivity index (χ1n) is 5.87. The number of amidine groups is 1. The van der Waals surface area contributed by atoms with Crippen LogP contribution in [0.2, 0.25) is 0 Å². The molecule has 0 fully saturated rings. The number of nitrogens with zero attached hydrogens (tertiary/aromatic N) is 2. The third-order valence-corrected chi connectivity index (χ3v) is 3.12. The van der Waals surface area contributed by atoms with Crippen molar-refractivity contribution in [1.29, 1.82) is 0 Å². The zero-order chi connectivity index (χ0) is 13.3. The fourth-order valence-corrected chi connectivity index (χ4v) is 2.21. The van der Waals surface area contributed by atoms with Crippen LogP contribution >= 0.6 is 0 Å². The van der Waals surface area contributed by atoms with Crippen LogP contribution in [0, 0.1) is 13.8 Å². The zero-order valence-electron chi connectivity index (χ0n) is 10.7. The predicted octanol–water partition coefficient (Wildman–Crippen LogP) is 2.32. The van der Waals surface area contributed by atoms with Crippen LogP contribution in [0.1, 0.15) is 22.7 Å². The SMILES string of the molecule is C=CCN1C(=O)N=C(N)C1c1cc(C)ccc1C. The van der Waals surface area contributed by atoms with Crippen molar-refractivity contribution in [2.45, 2.75) is 19.9 Å². The van der Waals surface area contributed by atoms with Crippen LogP contribution in [0.15, 0.2) is 35.8 Å². The van der Waals surface area contributed by atoms with E-state index < -0.39 is 0 Å². The normalized spacial score (nSPS) is 19.0. The van der Waals surface area contributed by atoms with Crippen molar-refractivity contribution in [2.24, 2.45) is 10.7 Å². The Bertz CT molecular complexity index is 534. The quantitative estimate of drug-likeness (QED) is 0.828. The standard InChI is InChI=1S/C14H17N3O/c1-4-7-17-12(13(15)16-14(17)18)11-8-9(2)5-6-10(11)3/h4-6,8,12H,1,7H2,2-3H3,(H2,15,16,18). The van der Waals surface area contributed by atoms with Crippen molar-refractivity contribution in [3.05, 3.63) is 47.5 Å². The first kappa shape index (κ1) is 12.4. The van der Waals surface area contributed by atoms with E-state index in [1.807, 2.05) is 26.0 Å². The fraction of sp³-hybridized carbons (Fsp3) is 0.286. The minimum Gasteiger partial charge on any atom is -0.385 e. The number of rotatable bonds is 3. The molecule has 1 unspecified atom stereocenters. The number of aliphatic imine (C=N–C) groups is 1. The van der Waals surface area contributed by atoms with Crippen LogP contribution in [-0.4, -0.2) is 23.3 Å². The molecule has 1 aliphatic heterocycles. The van der Waals surface area contributed by atoms with Gasteiger partial charge in [-0.1, -0.05) is 29.8 Å². The van der Waals surface area contributed by atoms with E-state index in [2.05, 4.69) is 17.6 Å². The molecule has 0 bridgehead atoms. The summed E-state index contributed by atoms with van der Waals surface area (Å²) in [4.78, 5) is 17.2. The van der Waals surface area contributed by atoms with E-state index in [0.29, 0.717) is 12.4 Å². The summed E-state index contributed by atoms with van der Waals surface area (Å²) in [6.07, 6.45) is 1.68. The van der Waals surface area contributed by atoms with E-state index in [0.717, 1.165) is 16.7 Å². The summed E-state index contributed by atoms with van der Waals surface area (Å²) in [5.74, 6) is 0.357. The molecule has 4 heteroatoms. The number of urea groups is 1. The molecule has 0 spiro atoms. The number of hydrogen-bond acceptors (Lipinski definition) is 2. The molecular formula is C14H17N3O. The Kier molecular flexibility index (Phi) is 3.19. The number of carbonyl (C=O) groups excluding carboxylic acids is 1. The van der Waals surface area contributed by atoms with Crippen LogP contribution in [0.4, 0.5) is 4.79 Å². The molecule has 2 N–H and O–H groups in total. The highest BCUT2D eigenvalue weighted by Gasteiger charge is 2.34. The molecule has 0 aliphatic carbocycles. The summed E-state index contributed by atoms with van der Waals surface area (Å²) >= 11 is 0. The van der Waals surface area contributed by atoms with Crippen LogP contribution in [-0.2, 0) is 0 Å². The lowest BCUT2D eigenvalue weighted by Crippen LogP contribution is -2.34. The molecule has 0 radical (unpaired) electrons. The smallest absolute Gasteiger partial charge is 0.346 e. The highest BCUT2D eigenvalue weighted by atomic mass is 16.2. The summed E-state index contributed by atoms with van der Waals surface area (Å²) in [5.41, 5.74) is 9.17. The van der Waals surface area contributed by atoms with Gasteiger partial charge in [0.1, 0.15) is 11.9 Å². The third kappa shape index (κ3) is 2.01. The molecule has 18 heavy (non-hydrogen) atoms. The monoisotopic (exact) mass is 243 g/mol. The first-order chi connectivity index (χ1) is 8.54. The number of carbonyl (C=O) groups is 1. The molecule has 2 rings (SSSR count). The average Bonchev–Trinajstić information content (AvgIpc) is 2.58. The van der Waals surface area contributed by atoms with Gasteiger partial charge in [-0.25, -0.2) is 4.79 Å². The Balaban J connectivity index is 2.47. The number of aryl methyl sites for hydroxylation is 2. The van der Waals surface area contributed by atoms with Gasteiger partial charge < -0.3 is 10.6 Å². The molecular weight excluding hydrogens is 226 g/mol. The minimum absolute atomic E-state index is 0.268. The van der Waals surface area contributed by atoms with Gasteiger partial charge in [-0.3, -0.25) is 0 Å². The van der Waals surface area contributed by atoms with E-state index in [4.69, 9.17) is 5.73 Å². The average molecular weight is 243 g/mol. The van der Waals surface area contributed by atoms with Crippen LogP contribution in [0.5, 0.6) is 0 Å². The van der Waals surface area contributed by atoms with Gasteiger partial charge in [-0.15, -0.1) is 6.58 Å². The molecule has 4 nitrogen and oxygen atoms in total. The summed E-state index contributed by atoms with van der Waals surface area (Å²) in [6, 6.07) is 5.57. The maximum atomic E-state index is 11.8. The highest BCUT2D eigenvalue weighted by molar-refractivity contribution is 6.03. The maximum absolute atomic E-state index is 11.8. The van der Waals surface area contributed by atoms with E-state index in [1.165, 1.54) is 0 Å². The summed E-state index contributed by atoms with van der Waals surface area (Å²) in [5, 5.41) is 0. The van der Waals surface area contributed by atoms with Gasteiger partial charge in [0.15, 0.2) is 0 Å². The highest BCUT2D eigenvalue weighted by Crippen LogP contribution is 2.29. The minimum atomic E-state index is -0.293. The van der Waals surface area contributed by atoms with Gasteiger partial charge in [0.25, 0.3) is 0 Å². The second-order valence-electron chi connectivity index (χ2n) is 4.52. The van der Waals surface area contributed by atoms with Crippen molar-refractivity contribution in [2.75, 3.05) is 6.54 Å². The van der Waals surface area contributed by atoms with E-state index in [9.17, 15) is 4.79 Å². The van der Waals surface area contributed by atoms with Crippen molar-refractivity contribution in [1.82, 2.24) is 4.90 Å². The zero-order valence-corrected chi connectivity index (χ0v) is 10.7. The lowest BCUT2D eigenvalue weighted by molar-refractivity contribution is 0.212. The second-order valence-corrected chi connectivity index (χ2v) is 4.52. The van der Waals surface area contributed by atoms with Gasteiger partial charge >= 0.3 is 6.03 Å². The fourth-order valence-electron chi connectivity index (χ4n) is 2.21. The van der Waals surface area contributed by atoms with E-state index in [-0.39, 0.29) is 12.1 Å². The molecule has 94 valence electrons. The number of amides is 2. The molecule has 1 heterocycles. The number of hydrogen-bond donors (Lipinski definition) is 1. The summed E-state index contributed by atoms with van der Waals surface area (Å²) in [6.45, 7) is 8.14. The van der Waals surface area contributed by atoms with Crippen molar-refractivity contribution in [3.8, 4) is 0 Å². The van der Waals surface area contributed by atoms with Gasteiger partial charge in [0.2, 0.25) is 0 Å². The third-order valence-electron chi connectivity index (χ3n) is 3.12. The summed E-state index contributed by atoms with van der Waals surface area (Å²) < 4.78 is 0. The van der Waals surface area contributed by atoms with Gasteiger partial charge in [-0.05, 0) is 25.0 Å². The van der Waals surface area contributed by atoms with Crippen LogP contribution in [0.25, 0.3) is 0 Å². The van der Waals surface area contributed by atoms with Crippen LogP contribution in [0.3, 0.4) is 0 Å². The van der Waals surface area contributed by atoms with E-state index >= 15 is 0 Å². The van der Waals surface area contributed by atoms with Gasteiger partial charge in [0.05, 0.1) is 0 Å². The second kappa shape index (κ2) is 4.64. The Hall–Kier alpha value is -2.10. The van der Waals surface area contributed by atoms with Crippen molar-refractivity contribution >= 4 is 11.9 Å². The molecule has 1 aliphatic rings. The molecule has 0 saturated carbocycles.